The van der Waals surface area contributed by atoms with Crippen LogP contribution in [0.25, 0.3) is 0 Å². The summed E-state index contributed by atoms with van der Waals surface area (Å²) in [7, 11) is 0. The van der Waals surface area contributed by atoms with Gasteiger partial charge in [0.05, 0.1) is 5.41 Å². The number of aromatic nitrogens is 2. The molecular formula is C17H18N4O. The summed E-state index contributed by atoms with van der Waals surface area (Å²) in [4.78, 5) is 23.5. The quantitative estimate of drug-likeness (QED) is 0.876. The van der Waals surface area contributed by atoms with Gasteiger partial charge in [0.25, 0.3) is 0 Å². The molecule has 0 atom stereocenters. The lowest BCUT2D eigenvalue weighted by Gasteiger charge is -2.38. The smallest absolute Gasteiger partial charge is 0.236 e. The van der Waals surface area contributed by atoms with Gasteiger partial charge < -0.3 is 10.2 Å². The third-order valence-electron chi connectivity index (χ3n) is 4.83. The predicted octanol–water partition coefficient (Wildman–Crippen LogP) is 2.28. The van der Waals surface area contributed by atoms with Crippen LogP contribution in [-0.2, 0) is 10.2 Å². The van der Waals surface area contributed by atoms with E-state index in [0.717, 1.165) is 48.7 Å². The molecule has 1 spiro atoms. The first kappa shape index (κ1) is 13.2. The molecule has 2 aromatic heterocycles. The van der Waals surface area contributed by atoms with Crippen LogP contribution >= 0.6 is 0 Å². The number of anilines is 2. The van der Waals surface area contributed by atoms with Gasteiger partial charge in [-0.2, -0.15) is 0 Å². The zero-order valence-electron chi connectivity index (χ0n) is 12.5. The van der Waals surface area contributed by atoms with Gasteiger partial charge in [-0.1, -0.05) is 12.1 Å². The molecule has 112 valence electrons. The Balaban J connectivity index is 1.59. The molecule has 0 radical (unpaired) electrons. The summed E-state index contributed by atoms with van der Waals surface area (Å²) in [6.07, 6.45) is 5.21. The number of hydrogen-bond donors (Lipinski definition) is 1. The first-order valence-electron chi connectivity index (χ1n) is 7.64. The average molecular weight is 294 g/mol. The molecule has 1 saturated heterocycles. The number of piperidine rings is 1. The molecule has 0 bridgehead atoms. The van der Waals surface area contributed by atoms with Crippen molar-refractivity contribution in [2.45, 2.75) is 25.2 Å². The fourth-order valence-corrected chi connectivity index (χ4v) is 3.50. The third kappa shape index (κ3) is 1.89. The van der Waals surface area contributed by atoms with E-state index in [1.54, 1.807) is 6.20 Å². The second kappa shape index (κ2) is 4.80. The summed E-state index contributed by atoms with van der Waals surface area (Å²) in [5, 5.41) is 2.94. The van der Waals surface area contributed by atoms with E-state index < -0.39 is 5.41 Å². The average Bonchev–Trinajstić information content (AvgIpc) is 2.82. The lowest BCUT2D eigenvalue weighted by atomic mass is 9.74. The molecule has 0 aromatic carbocycles. The topological polar surface area (TPSA) is 58.1 Å². The van der Waals surface area contributed by atoms with Gasteiger partial charge in [0.1, 0.15) is 11.6 Å². The van der Waals surface area contributed by atoms with Crippen LogP contribution in [0.15, 0.2) is 36.7 Å². The van der Waals surface area contributed by atoms with Gasteiger partial charge >= 0.3 is 0 Å². The van der Waals surface area contributed by atoms with Crippen molar-refractivity contribution in [3.8, 4) is 0 Å². The summed E-state index contributed by atoms with van der Waals surface area (Å²) >= 11 is 0. The van der Waals surface area contributed by atoms with Crippen molar-refractivity contribution >= 4 is 17.5 Å². The summed E-state index contributed by atoms with van der Waals surface area (Å²) in [6.45, 7) is 3.70. The molecule has 1 amide bonds. The summed E-state index contributed by atoms with van der Waals surface area (Å²) in [5.74, 6) is 1.82. The second-order valence-corrected chi connectivity index (χ2v) is 6.12. The fraction of sp³-hybridized carbons (Fsp3) is 0.353. The van der Waals surface area contributed by atoms with Crippen molar-refractivity contribution < 1.29 is 4.79 Å². The summed E-state index contributed by atoms with van der Waals surface area (Å²) in [5.41, 5.74) is 1.80. The molecule has 4 rings (SSSR count). The molecule has 0 aliphatic carbocycles. The maximum absolute atomic E-state index is 12.5. The van der Waals surface area contributed by atoms with Gasteiger partial charge in [0.15, 0.2) is 0 Å². The van der Waals surface area contributed by atoms with Gasteiger partial charge in [-0.3, -0.25) is 4.79 Å². The molecule has 0 saturated carbocycles. The summed E-state index contributed by atoms with van der Waals surface area (Å²) < 4.78 is 0. The molecule has 5 heteroatoms. The van der Waals surface area contributed by atoms with Crippen molar-refractivity contribution in [2.24, 2.45) is 0 Å². The maximum Gasteiger partial charge on any atom is 0.236 e. The highest BCUT2D eigenvalue weighted by Crippen LogP contribution is 2.44. The predicted molar refractivity (Wildman–Crippen MR) is 85.0 cm³/mol. The number of carbonyl (C=O) groups is 1. The number of nitrogens with one attached hydrogen (secondary N) is 1. The first-order chi connectivity index (χ1) is 10.7. The van der Waals surface area contributed by atoms with Crippen LogP contribution in [-0.4, -0.2) is 29.0 Å². The van der Waals surface area contributed by atoms with E-state index in [4.69, 9.17) is 0 Å². The number of hydrogen-bond acceptors (Lipinski definition) is 4. The van der Waals surface area contributed by atoms with E-state index in [-0.39, 0.29) is 5.91 Å². The largest absolute Gasteiger partial charge is 0.357 e. The van der Waals surface area contributed by atoms with Gasteiger partial charge in [0, 0.05) is 31.0 Å². The van der Waals surface area contributed by atoms with Crippen LogP contribution in [0.1, 0.15) is 24.0 Å². The van der Waals surface area contributed by atoms with Crippen LogP contribution in [0.2, 0.25) is 0 Å². The zero-order valence-corrected chi connectivity index (χ0v) is 12.5. The Bertz CT molecular complexity index is 718. The maximum atomic E-state index is 12.5. The van der Waals surface area contributed by atoms with E-state index >= 15 is 0 Å². The molecule has 4 heterocycles. The van der Waals surface area contributed by atoms with Crippen LogP contribution in [0.4, 0.5) is 11.6 Å². The Morgan fingerprint density at radius 3 is 2.73 bits per heavy atom. The highest BCUT2D eigenvalue weighted by atomic mass is 16.2. The molecular weight excluding hydrogens is 276 g/mol. The normalized spacial score (nSPS) is 19.1. The van der Waals surface area contributed by atoms with E-state index in [0.29, 0.717) is 0 Å². The number of pyridine rings is 2. The molecule has 1 fully saturated rings. The SMILES string of the molecule is Cc1ccc(N2CCC3(CC2)C(=O)Nc2ncccc23)nc1. The molecule has 5 nitrogen and oxygen atoms in total. The van der Waals surface area contributed by atoms with Gasteiger partial charge in [-0.05, 0) is 37.5 Å². The van der Waals surface area contributed by atoms with Gasteiger partial charge in [0.2, 0.25) is 5.91 Å². The van der Waals surface area contributed by atoms with E-state index in [9.17, 15) is 4.79 Å². The number of rotatable bonds is 1. The molecule has 0 unspecified atom stereocenters. The Morgan fingerprint density at radius 1 is 1.18 bits per heavy atom. The van der Waals surface area contributed by atoms with Crippen molar-refractivity contribution in [2.75, 3.05) is 23.3 Å². The first-order valence-corrected chi connectivity index (χ1v) is 7.64. The van der Waals surface area contributed by atoms with Gasteiger partial charge in [-0.25, -0.2) is 9.97 Å². The molecule has 2 aromatic rings. The van der Waals surface area contributed by atoms with Crippen molar-refractivity contribution in [3.05, 3.63) is 47.8 Å². The Kier molecular flexibility index (Phi) is 2.89. The molecule has 2 aliphatic rings. The third-order valence-corrected chi connectivity index (χ3v) is 4.83. The Morgan fingerprint density at radius 2 is 2.00 bits per heavy atom. The van der Waals surface area contributed by atoms with Crippen molar-refractivity contribution in [1.82, 2.24) is 9.97 Å². The number of aryl methyl sites for hydroxylation is 1. The van der Waals surface area contributed by atoms with E-state index in [1.165, 1.54) is 0 Å². The molecule has 2 aliphatic heterocycles. The highest BCUT2D eigenvalue weighted by molar-refractivity contribution is 6.05. The minimum Gasteiger partial charge on any atom is -0.357 e. The van der Waals surface area contributed by atoms with Crippen LogP contribution in [0, 0.1) is 6.92 Å². The fourth-order valence-electron chi connectivity index (χ4n) is 3.50. The second-order valence-electron chi connectivity index (χ2n) is 6.12. The van der Waals surface area contributed by atoms with Crippen LogP contribution in [0.5, 0.6) is 0 Å². The standard InChI is InChI=1S/C17H18N4O/c1-12-4-5-14(19-11-12)21-9-6-17(7-10-21)13-3-2-8-18-15(13)20-16(17)22/h2-5,8,11H,6-7,9-10H2,1H3,(H,18,20,22). The Hall–Kier alpha value is -2.43. The number of fused-ring (bicyclic) bond motifs is 2. The lowest BCUT2D eigenvalue weighted by Crippen LogP contribution is -2.46. The lowest BCUT2D eigenvalue weighted by molar-refractivity contribution is -0.121. The van der Waals surface area contributed by atoms with Crippen LogP contribution in [0.3, 0.4) is 0 Å². The van der Waals surface area contributed by atoms with Crippen molar-refractivity contribution in [1.29, 1.82) is 0 Å². The number of amides is 1. The molecule has 22 heavy (non-hydrogen) atoms. The van der Waals surface area contributed by atoms with E-state index in [1.807, 2.05) is 25.3 Å². The Labute approximate surface area is 129 Å². The number of carbonyl (C=O) groups excluding carboxylic acids is 1. The summed E-state index contributed by atoms with van der Waals surface area (Å²) in [6, 6.07) is 8.07. The highest BCUT2D eigenvalue weighted by Gasteiger charge is 2.49. The van der Waals surface area contributed by atoms with Gasteiger partial charge in [-0.15, -0.1) is 0 Å². The monoisotopic (exact) mass is 294 g/mol. The van der Waals surface area contributed by atoms with Crippen molar-refractivity contribution in [3.63, 3.8) is 0 Å². The zero-order chi connectivity index (χ0) is 15.2. The molecule has 1 N–H and O–H groups in total. The minimum atomic E-state index is -0.412. The van der Waals surface area contributed by atoms with Crippen LogP contribution < -0.4 is 10.2 Å². The minimum absolute atomic E-state index is 0.0951. The number of nitrogens with zero attached hydrogens (tertiary/aromatic N) is 3. The van der Waals surface area contributed by atoms with E-state index in [2.05, 4.69) is 32.3 Å².